The molecule has 0 radical (unpaired) electrons. The molecule has 0 saturated carbocycles. The molecule has 118 valence electrons. The summed E-state index contributed by atoms with van der Waals surface area (Å²) in [5.74, 6) is 0.646. The average molecular weight is 339 g/mol. The second kappa shape index (κ2) is 7.06. The van der Waals surface area contributed by atoms with Gasteiger partial charge in [0.2, 0.25) is 5.91 Å². The fourth-order valence-electron chi connectivity index (χ4n) is 1.66. The zero-order chi connectivity index (χ0) is 16.3. The van der Waals surface area contributed by atoms with E-state index in [1.807, 2.05) is 6.92 Å². The predicted molar refractivity (Wildman–Crippen MR) is 89.4 cm³/mol. The number of aromatic nitrogens is 1. The van der Waals surface area contributed by atoms with Gasteiger partial charge < -0.3 is 5.32 Å². The predicted octanol–water partition coefficient (Wildman–Crippen LogP) is 3.46. The van der Waals surface area contributed by atoms with Crippen molar-refractivity contribution in [2.24, 2.45) is 5.92 Å². The second-order valence-corrected chi connectivity index (χ2v) is 7.53. The molecule has 0 fully saturated rings. The van der Waals surface area contributed by atoms with Gasteiger partial charge >= 0.3 is 0 Å². The molecule has 1 heterocycles. The molecule has 0 spiro atoms. The Labute approximate surface area is 136 Å². The van der Waals surface area contributed by atoms with Gasteiger partial charge in [-0.2, -0.15) is 0 Å². The molecule has 6 nitrogen and oxygen atoms in total. The standard InChI is InChI=1S/C14H17N3O3S2/c1-8(2)9(3)15-13(18)7-21-14-16-11-5-4-10(17(19)20)6-12(11)22-14/h4-6,8-9H,7H2,1-3H3,(H,15,18). The minimum Gasteiger partial charge on any atom is -0.353 e. The normalized spacial score (nSPS) is 12.5. The molecule has 0 aliphatic rings. The number of carbonyl (C=O) groups is 1. The zero-order valence-corrected chi connectivity index (χ0v) is 14.2. The number of thioether (sulfide) groups is 1. The van der Waals surface area contributed by atoms with E-state index in [4.69, 9.17) is 0 Å². The number of carbonyl (C=O) groups excluding carboxylic acids is 1. The smallest absolute Gasteiger partial charge is 0.270 e. The van der Waals surface area contributed by atoms with Gasteiger partial charge in [-0.15, -0.1) is 11.3 Å². The number of fused-ring (bicyclic) bond motifs is 1. The topological polar surface area (TPSA) is 85.1 Å². The molecule has 1 unspecified atom stereocenters. The number of hydrogen-bond acceptors (Lipinski definition) is 6. The van der Waals surface area contributed by atoms with E-state index in [9.17, 15) is 14.9 Å². The number of hydrogen-bond donors (Lipinski definition) is 1. The second-order valence-electron chi connectivity index (χ2n) is 5.28. The molecule has 1 aromatic carbocycles. The Morgan fingerprint density at radius 2 is 2.18 bits per heavy atom. The fraction of sp³-hybridized carbons (Fsp3) is 0.429. The lowest BCUT2D eigenvalue weighted by Gasteiger charge is -2.16. The van der Waals surface area contributed by atoms with Crippen LogP contribution in [0.25, 0.3) is 10.2 Å². The molecule has 8 heteroatoms. The van der Waals surface area contributed by atoms with Crippen LogP contribution in [0.15, 0.2) is 22.5 Å². The Hall–Kier alpha value is -1.67. The molecule has 2 aromatic rings. The molecular formula is C14H17N3O3S2. The Balaban J connectivity index is 2.00. The van der Waals surface area contributed by atoms with Gasteiger partial charge in [0.25, 0.3) is 5.69 Å². The minimum absolute atomic E-state index is 0.0311. The van der Waals surface area contributed by atoms with Crippen molar-refractivity contribution in [3.05, 3.63) is 28.3 Å². The van der Waals surface area contributed by atoms with E-state index < -0.39 is 4.92 Å². The van der Waals surface area contributed by atoms with Crippen molar-refractivity contribution in [2.45, 2.75) is 31.2 Å². The van der Waals surface area contributed by atoms with Crippen LogP contribution in [0.1, 0.15) is 20.8 Å². The number of nitro benzene ring substituents is 1. The van der Waals surface area contributed by atoms with Crippen LogP contribution in [-0.4, -0.2) is 27.6 Å². The van der Waals surface area contributed by atoms with Gasteiger partial charge in [0.15, 0.2) is 4.34 Å². The van der Waals surface area contributed by atoms with Crippen LogP contribution in [0, 0.1) is 16.0 Å². The number of benzene rings is 1. The van der Waals surface area contributed by atoms with Gasteiger partial charge in [-0.3, -0.25) is 14.9 Å². The Bertz CT molecular complexity index is 700. The summed E-state index contributed by atoms with van der Waals surface area (Å²) >= 11 is 2.71. The minimum atomic E-state index is -0.424. The van der Waals surface area contributed by atoms with Gasteiger partial charge in [0.1, 0.15) is 0 Å². The average Bonchev–Trinajstić information content (AvgIpc) is 2.86. The van der Waals surface area contributed by atoms with Crippen molar-refractivity contribution in [3.8, 4) is 0 Å². The number of amides is 1. The van der Waals surface area contributed by atoms with Crippen molar-refractivity contribution < 1.29 is 9.72 Å². The first-order valence-corrected chi connectivity index (χ1v) is 8.64. The maximum absolute atomic E-state index is 11.8. The molecular weight excluding hydrogens is 322 g/mol. The number of nitro groups is 1. The number of rotatable bonds is 6. The maximum Gasteiger partial charge on any atom is 0.270 e. The quantitative estimate of drug-likeness (QED) is 0.495. The lowest BCUT2D eigenvalue weighted by atomic mass is 10.1. The SMILES string of the molecule is CC(C)C(C)NC(=O)CSc1nc2ccc([N+](=O)[O-])cc2s1. The van der Waals surface area contributed by atoms with E-state index in [0.29, 0.717) is 17.2 Å². The highest BCUT2D eigenvalue weighted by molar-refractivity contribution is 8.01. The van der Waals surface area contributed by atoms with E-state index in [-0.39, 0.29) is 17.6 Å². The summed E-state index contributed by atoms with van der Waals surface area (Å²) in [5.41, 5.74) is 0.769. The van der Waals surface area contributed by atoms with Crippen molar-refractivity contribution in [3.63, 3.8) is 0 Å². The van der Waals surface area contributed by atoms with E-state index in [0.717, 1.165) is 9.04 Å². The van der Waals surface area contributed by atoms with Crippen LogP contribution < -0.4 is 5.32 Å². The van der Waals surface area contributed by atoms with Crippen molar-refractivity contribution in [1.82, 2.24) is 10.3 Å². The van der Waals surface area contributed by atoms with E-state index in [2.05, 4.69) is 24.1 Å². The van der Waals surface area contributed by atoms with Crippen LogP contribution in [0.2, 0.25) is 0 Å². The summed E-state index contributed by atoms with van der Waals surface area (Å²) in [6.45, 7) is 6.08. The fourth-order valence-corrected chi connectivity index (χ4v) is 3.57. The Kier molecular flexibility index (Phi) is 5.36. The van der Waals surface area contributed by atoms with Crippen LogP contribution >= 0.6 is 23.1 Å². The summed E-state index contributed by atoms with van der Waals surface area (Å²) in [5, 5.41) is 13.7. The number of nitrogens with one attached hydrogen (secondary N) is 1. The Morgan fingerprint density at radius 3 is 2.82 bits per heavy atom. The molecule has 0 saturated heterocycles. The van der Waals surface area contributed by atoms with Crippen LogP contribution in [0.4, 0.5) is 5.69 Å². The first kappa shape index (κ1) is 16.7. The molecule has 0 aliphatic heterocycles. The van der Waals surface area contributed by atoms with Crippen LogP contribution in [-0.2, 0) is 4.79 Å². The molecule has 1 amide bonds. The first-order valence-electron chi connectivity index (χ1n) is 6.84. The first-order chi connectivity index (χ1) is 10.4. The van der Waals surface area contributed by atoms with Gasteiger partial charge in [-0.1, -0.05) is 25.6 Å². The maximum atomic E-state index is 11.8. The lowest BCUT2D eigenvalue weighted by Crippen LogP contribution is -2.37. The van der Waals surface area contributed by atoms with E-state index in [1.165, 1.54) is 35.2 Å². The van der Waals surface area contributed by atoms with Crippen molar-refractivity contribution in [2.75, 3.05) is 5.75 Å². The summed E-state index contributed by atoms with van der Waals surface area (Å²) in [4.78, 5) is 26.6. The molecule has 1 atom stereocenters. The third-order valence-corrected chi connectivity index (χ3v) is 5.44. The highest BCUT2D eigenvalue weighted by Gasteiger charge is 2.14. The molecule has 1 N–H and O–H groups in total. The summed E-state index contributed by atoms with van der Waals surface area (Å²) in [7, 11) is 0. The van der Waals surface area contributed by atoms with Crippen LogP contribution in [0.3, 0.4) is 0 Å². The highest BCUT2D eigenvalue weighted by Crippen LogP contribution is 2.31. The molecule has 0 bridgehead atoms. The molecule has 2 rings (SSSR count). The van der Waals surface area contributed by atoms with Crippen molar-refractivity contribution >= 4 is 44.9 Å². The molecule has 1 aromatic heterocycles. The number of nitrogens with zero attached hydrogens (tertiary/aromatic N) is 2. The highest BCUT2D eigenvalue weighted by atomic mass is 32.2. The van der Waals surface area contributed by atoms with Gasteiger partial charge in [-0.25, -0.2) is 4.98 Å². The van der Waals surface area contributed by atoms with Gasteiger partial charge in [0.05, 0.1) is 20.9 Å². The molecule has 0 aliphatic carbocycles. The Morgan fingerprint density at radius 1 is 1.45 bits per heavy atom. The zero-order valence-electron chi connectivity index (χ0n) is 12.5. The van der Waals surface area contributed by atoms with Crippen molar-refractivity contribution in [1.29, 1.82) is 0 Å². The number of non-ortho nitro benzene ring substituents is 1. The largest absolute Gasteiger partial charge is 0.353 e. The van der Waals surface area contributed by atoms with Gasteiger partial charge in [-0.05, 0) is 18.9 Å². The third-order valence-electron chi connectivity index (χ3n) is 3.28. The number of thiazole rings is 1. The van der Waals surface area contributed by atoms with Gasteiger partial charge in [0, 0.05) is 18.2 Å². The lowest BCUT2D eigenvalue weighted by molar-refractivity contribution is -0.384. The van der Waals surface area contributed by atoms with E-state index >= 15 is 0 Å². The summed E-state index contributed by atoms with van der Waals surface area (Å²) in [6, 6.07) is 4.71. The third kappa shape index (κ3) is 4.17. The van der Waals surface area contributed by atoms with Crippen LogP contribution in [0.5, 0.6) is 0 Å². The molecule has 22 heavy (non-hydrogen) atoms. The summed E-state index contributed by atoms with van der Waals surface area (Å²) in [6.07, 6.45) is 0. The van der Waals surface area contributed by atoms with E-state index in [1.54, 1.807) is 6.07 Å². The monoisotopic (exact) mass is 339 g/mol. The summed E-state index contributed by atoms with van der Waals surface area (Å²) < 4.78 is 1.50.